The van der Waals surface area contributed by atoms with Gasteiger partial charge >= 0.3 is 5.97 Å². The Bertz CT molecular complexity index is 402. The fourth-order valence-electron chi connectivity index (χ4n) is 1.04. The maximum absolute atomic E-state index is 11.4. The van der Waals surface area contributed by atoms with Gasteiger partial charge in [0.2, 0.25) is 0 Å². The number of esters is 1. The topological polar surface area (TPSA) is 43.4 Å². The zero-order valence-electron chi connectivity index (χ0n) is 8.88. The van der Waals surface area contributed by atoms with Crippen molar-refractivity contribution in [1.29, 1.82) is 0 Å². The minimum Gasteiger partial charge on any atom is -0.462 e. The Kier molecular flexibility index (Phi) is 5.22. The van der Waals surface area contributed by atoms with Gasteiger partial charge in [0.15, 0.2) is 0 Å². The Labute approximate surface area is 98.0 Å². The number of hydrogen-bond acceptors (Lipinski definition) is 4. The van der Waals surface area contributed by atoms with Crippen molar-refractivity contribution in [2.75, 3.05) is 6.61 Å². The molecule has 0 amide bonds. The van der Waals surface area contributed by atoms with Gasteiger partial charge in [-0.05, 0) is 41.5 Å². The predicted octanol–water partition coefficient (Wildman–Crippen LogP) is 2.45. The standard InChI is InChI=1S/C12H12O3S/c1-2-15-12(14)11(5-7-13)4-3-10-6-8-16-9-10/h3-9H,2H2,1H3/b4-3+,11-5+. The van der Waals surface area contributed by atoms with Gasteiger partial charge in [0.05, 0.1) is 12.2 Å². The molecule has 0 aromatic carbocycles. The van der Waals surface area contributed by atoms with Crippen LogP contribution in [0.15, 0.2) is 34.6 Å². The van der Waals surface area contributed by atoms with Gasteiger partial charge in [0, 0.05) is 0 Å². The van der Waals surface area contributed by atoms with Crippen LogP contribution in [0.4, 0.5) is 0 Å². The Morgan fingerprint density at radius 1 is 1.56 bits per heavy atom. The molecule has 0 radical (unpaired) electrons. The monoisotopic (exact) mass is 236 g/mol. The van der Waals surface area contributed by atoms with E-state index in [1.54, 1.807) is 30.4 Å². The van der Waals surface area contributed by atoms with E-state index in [1.165, 1.54) is 6.08 Å². The van der Waals surface area contributed by atoms with E-state index in [0.717, 1.165) is 5.56 Å². The molecule has 0 saturated carbocycles. The Hall–Kier alpha value is -1.68. The number of carbonyl (C=O) groups is 2. The third-order valence-electron chi connectivity index (χ3n) is 1.76. The van der Waals surface area contributed by atoms with E-state index in [-0.39, 0.29) is 5.57 Å². The lowest BCUT2D eigenvalue weighted by Crippen LogP contribution is -2.06. The first-order valence-corrected chi connectivity index (χ1v) is 5.75. The summed E-state index contributed by atoms with van der Waals surface area (Å²) < 4.78 is 4.81. The molecule has 1 aromatic rings. The van der Waals surface area contributed by atoms with Crippen LogP contribution < -0.4 is 0 Å². The fourth-order valence-corrected chi connectivity index (χ4v) is 1.66. The minimum atomic E-state index is -0.485. The van der Waals surface area contributed by atoms with Crippen molar-refractivity contribution < 1.29 is 14.3 Å². The third kappa shape index (κ3) is 3.82. The van der Waals surface area contributed by atoms with E-state index in [2.05, 4.69) is 0 Å². The van der Waals surface area contributed by atoms with Crippen molar-refractivity contribution >= 4 is 29.7 Å². The van der Waals surface area contributed by atoms with Gasteiger partial charge in [-0.1, -0.05) is 6.08 Å². The lowest BCUT2D eigenvalue weighted by molar-refractivity contribution is -0.138. The van der Waals surface area contributed by atoms with E-state index in [1.807, 2.05) is 16.8 Å². The molecule has 16 heavy (non-hydrogen) atoms. The van der Waals surface area contributed by atoms with Gasteiger partial charge in [-0.3, -0.25) is 4.79 Å². The number of hydrogen-bond donors (Lipinski definition) is 0. The summed E-state index contributed by atoms with van der Waals surface area (Å²) >= 11 is 1.57. The average Bonchev–Trinajstić information content (AvgIpc) is 2.77. The smallest absolute Gasteiger partial charge is 0.338 e. The van der Waals surface area contributed by atoms with E-state index in [4.69, 9.17) is 4.74 Å². The number of rotatable bonds is 5. The second-order valence-electron chi connectivity index (χ2n) is 2.87. The van der Waals surface area contributed by atoms with Gasteiger partial charge in [0.1, 0.15) is 6.29 Å². The number of ether oxygens (including phenoxy) is 1. The van der Waals surface area contributed by atoms with Gasteiger partial charge in [-0.2, -0.15) is 11.3 Å². The molecule has 0 unspecified atom stereocenters. The minimum absolute atomic E-state index is 0.253. The molecule has 0 aliphatic carbocycles. The Morgan fingerprint density at radius 3 is 2.94 bits per heavy atom. The molecular weight excluding hydrogens is 224 g/mol. The van der Waals surface area contributed by atoms with Crippen LogP contribution >= 0.6 is 11.3 Å². The van der Waals surface area contributed by atoms with E-state index < -0.39 is 5.97 Å². The molecule has 0 N–H and O–H groups in total. The first-order valence-electron chi connectivity index (χ1n) is 4.80. The SMILES string of the molecule is CCOC(=O)C(/C=C/c1ccsc1)=C/C=O. The lowest BCUT2D eigenvalue weighted by Gasteiger charge is -2.00. The molecule has 84 valence electrons. The number of carbonyl (C=O) groups excluding carboxylic acids is 2. The molecule has 0 fully saturated rings. The first kappa shape index (κ1) is 12.4. The molecule has 0 aliphatic heterocycles. The zero-order chi connectivity index (χ0) is 11.8. The van der Waals surface area contributed by atoms with Crippen LogP contribution in [0, 0.1) is 0 Å². The Balaban J connectivity index is 2.76. The summed E-state index contributed by atoms with van der Waals surface area (Å²) in [4.78, 5) is 21.8. The number of allylic oxidation sites excluding steroid dienone is 1. The molecule has 4 heteroatoms. The fraction of sp³-hybridized carbons (Fsp3) is 0.167. The molecule has 3 nitrogen and oxygen atoms in total. The summed E-state index contributed by atoms with van der Waals surface area (Å²) in [7, 11) is 0. The zero-order valence-corrected chi connectivity index (χ0v) is 9.70. The second kappa shape index (κ2) is 6.74. The van der Waals surface area contributed by atoms with Crippen molar-refractivity contribution in [2.45, 2.75) is 6.92 Å². The van der Waals surface area contributed by atoms with Crippen LogP contribution in [0.3, 0.4) is 0 Å². The highest BCUT2D eigenvalue weighted by atomic mass is 32.1. The number of thiophene rings is 1. The highest BCUT2D eigenvalue weighted by Gasteiger charge is 2.05. The van der Waals surface area contributed by atoms with Crippen LogP contribution in [0.25, 0.3) is 6.08 Å². The van der Waals surface area contributed by atoms with E-state index in [0.29, 0.717) is 12.9 Å². The molecule has 0 aliphatic rings. The molecule has 1 rings (SSSR count). The Morgan fingerprint density at radius 2 is 2.38 bits per heavy atom. The lowest BCUT2D eigenvalue weighted by atomic mass is 10.2. The summed E-state index contributed by atoms with van der Waals surface area (Å²) in [5.41, 5.74) is 1.24. The van der Waals surface area contributed by atoms with Gasteiger partial charge in [-0.25, -0.2) is 4.79 Å². The molecule has 0 saturated heterocycles. The summed E-state index contributed by atoms with van der Waals surface area (Å²) in [6.45, 7) is 2.01. The normalized spacial score (nSPS) is 11.7. The van der Waals surface area contributed by atoms with Crippen LogP contribution in [0.2, 0.25) is 0 Å². The van der Waals surface area contributed by atoms with E-state index in [9.17, 15) is 9.59 Å². The van der Waals surface area contributed by atoms with Crippen LogP contribution in [0.1, 0.15) is 12.5 Å². The molecule has 0 atom stereocenters. The van der Waals surface area contributed by atoms with Crippen LogP contribution in [-0.2, 0) is 14.3 Å². The van der Waals surface area contributed by atoms with Crippen LogP contribution in [0.5, 0.6) is 0 Å². The molecule has 0 bridgehead atoms. The molecule has 0 spiro atoms. The van der Waals surface area contributed by atoms with Crippen molar-refractivity contribution in [3.8, 4) is 0 Å². The molecule has 1 aromatic heterocycles. The number of aldehydes is 1. The molecule has 1 heterocycles. The van der Waals surface area contributed by atoms with Crippen molar-refractivity contribution in [3.63, 3.8) is 0 Å². The second-order valence-corrected chi connectivity index (χ2v) is 3.65. The van der Waals surface area contributed by atoms with Crippen molar-refractivity contribution in [2.24, 2.45) is 0 Å². The quantitative estimate of drug-likeness (QED) is 0.341. The van der Waals surface area contributed by atoms with Crippen LogP contribution in [-0.4, -0.2) is 18.9 Å². The van der Waals surface area contributed by atoms with Crippen molar-refractivity contribution in [1.82, 2.24) is 0 Å². The van der Waals surface area contributed by atoms with E-state index >= 15 is 0 Å². The van der Waals surface area contributed by atoms with Crippen molar-refractivity contribution in [3.05, 3.63) is 40.1 Å². The highest BCUT2D eigenvalue weighted by molar-refractivity contribution is 7.08. The van der Waals surface area contributed by atoms with Gasteiger partial charge < -0.3 is 4.74 Å². The highest BCUT2D eigenvalue weighted by Crippen LogP contribution is 2.10. The first-order chi connectivity index (χ1) is 7.77. The third-order valence-corrected chi connectivity index (χ3v) is 2.46. The maximum atomic E-state index is 11.4. The average molecular weight is 236 g/mol. The summed E-state index contributed by atoms with van der Waals surface area (Å²) in [6, 6.07) is 1.92. The molecular formula is C12H12O3S. The predicted molar refractivity (Wildman–Crippen MR) is 64.1 cm³/mol. The summed E-state index contributed by atoms with van der Waals surface area (Å²) in [5.74, 6) is -0.485. The van der Waals surface area contributed by atoms with Gasteiger partial charge in [-0.15, -0.1) is 0 Å². The largest absolute Gasteiger partial charge is 0.462 e. The maximum Gasteiger partial charge on any atom is 0.338 e. The summed E-state index contributed by atoms with van der Waals surface area (Å²) in [5, 5.41) is 3.88. The van der Waals surface area contributed by atoms with Gasteiger partial charge in [0.25, 0.3) is 0 Å². The summed E-state index contributed by atoms with van der Waals surface area (Å²) in [6.07, 6.45) is 5.11.